The third-order valence-electron chi connectivity index (χ3n) is 6.32. The zero-order chi connectivity index (χ0) is 31.6. The number of hydrazone groups is 1. The maximum Gasteiger partial charge on any atom is 0.271 e. The van der Waals surface area contributed by atoms with Crippen molar-refractivity contribution >= 4 is 61.8 Å². The molecule has 0 saturated heterocycles. The van der Waals surface area contributed by atoms with E-state index in [9.17, 15) is 9.59 Å². The van der Waals surface area contributed by atoms with E-state index in [-0.39, 0.29) is 18.4 Å². The molecule has 45 heavy (non-hydrogen) atoms. The average molecular weight is 687 g/mol. The highest BCUT2D eigenvalue weighted by molar-refractivity contribution is 9.10. The van der Waals surface area contributed by atoms with Gasteiger partial charge in [0.05, 0.1) is 30.6 Å². The van der Waals surface area contributed by atoms with E-state index in [2.05, 4.69) is 42.1 Å². The van der Waals surface area contributed by atoms with Crippen molar-refractivity contribution in [2.45, 2.75) is 0 Å². The Morgan fingerprint density at radius 2 is 1.69 bits per heavy atom. The first-order chi connectivity index (χ1) is 21.9. The van der Waals surface area contributed by atoms with Gasteiger partial charge in [0.1, 0.15) is 5.75 Å². The predicted molar refractivity (Wildman–Crippen MR) is 180 cm³/mol. The van der Waals surface area contributed by atoms with Crippen LogP contribution in [-0.2, 0) is 4.79 Å². The number of benzene rings is 4. The number of aromatic nitrogens is 1. The van der Waals surface area contributed by atoms with Crippen LogP contribution >= 0.6 is 27.3 Å². The summed E-state index contributed by atoms with van der Waals surface area (Å²) in [4.78, 5) is 29.7. The van der Waals surface area contributed by atoms with Gasteiger partial charge < -0.3 is 24.8 Å². The van der Waals surface area contributed by atoms with E-state index in [0.717, 1.165) is 22.1 Å². The Labute approximate surface area is 272 Å². The monoisotopic (exact) mass is 685 g/mol. The van der Waals surface area contributed by atoms with Gasteiger partial charge in [0.15, 0.2) is 23.2 Å². The minimum atomic E-state index is -0.364. The summed E-state index contributed by atoms with van der Waals surface area (Å²) >= 11 is 4.97. The van der Waals surface area contributed by atoms with Crippen LogP contribution in [-0.4, -0.2) is 43.8 Å². The molecule has 4 aromatic carbocycles. The predicted octanol–water partition coefficient (Wildman–Crippen LogP) is 7.11. The van der Waals surface area contributed by atoms with Crippen molar-refractivity contribution in [1.29, 1.82) is 0 Å². The summed E-state index contributed by atoms with van der Waals surface area (Å²) in [5.41, 5.74) is 6.91. The summed E-state index contributed by atoms with van der Waals surface area (Å²) in [6.45, 7) is -0.239. The smallest absolute Gasteiger partial charge is 0.271 e. The lowest BCUT2D eigenvalue weighted by Gasteiger charge is -2.13. The number of thiazole rings is 1. The topological polar surface area (TPSA) is 123 Å². The number of ether oxygens (including phenoxy) is 3. The molecule has 0 unspecified atom stereocenters. The van der Waals surface area contributed by atoms with Crippen LogP contribution in [0.25, 0.3) is 11.3 Å². The zero-order valence-corrected chi connectivity index (χ0v) is 26.6. The highest BCUT2D eigenvalue weighted by Gasteiger charge is 2.14. The Morgan fingerprint density at radius 1 is 0.933 bits per heavy atom. The number of halogens is 1. The van der Waals surface area contributed by atoms with Gasteiger partial charge in [-0.25, -0.2) is 10.4 Å². The molecule has 1 heterocycles. The largest absolute Gasteiger partial charge is 0.497 e. The first-order valence-corrected chi connectivity index (χ1v) is 15.2. The summed E-state index contributed by atoms with van der Waals surface area (Å²) in [6.07, 6.45) is 1.48. The molecule has 5 rings (SSSR count). The van der Waals surface area contributed by atoms with Gasteiger partial charge in [-0.15, -0.1) is 11.3 Å². The summed E-state index contributed by atoms with van der Waals surface area (Å²) < 4.78 is 16.9. The van der Waals surface area contributed by atoms with Crippen molar-refractivity contribution in [2.75, 3.05) is 31.5 Å². The summed E-state index contributed by atoms with van der Waals surface area (Å²) in [5.74, 6) is 0.720. The molecule has 0 atom stereocenters. The number of carbonyl (C=O) groups excluding carboxylic acids is 2. The van der Waals surface area contributed by atoms with Crippen molar-refractivity contribution < 1.29 is 23.8 Å². The highest BCUT2D eigenvalue weighted by atomic mass is 79.9. The second kappa shape index (κ2) is 15.0. The molecule has 0 radical (unpaired) electrons. The number of nitrogens with zero attached hydrogens (tertiary/aromatic N) is 2. The molecule has 3 N–H and O–H groups in total. The van der Waals surface area contributed by atoms with Crippen LogP contribution in [0.1, 0.15) is 15.9 Å². The lowest BCUT2D eigenvalue weighted by atomic mass is 10.1. The van der Waals surface area contributed by atoms with Crippen LogP contribution in [0.2, 0.25) is 0 Å². The molecule has 0 aliphatic rings. The van der Waals surface area contributed by atoms with E-state index in [1.807, 2.05) is 47.8 Å². The van der Waals surface area contributed by atoms with E-state index in [0.29, 0.717) is 38.5 Å². The van der Waals surface area contributed by atoms with E-state index >= 15 is 0 Å². The summed E-state index contributed by atoms with van der Waals surface area (Å²) in [7, 11) is 3.06. The minimum absolute atomic E-state index is 0.239. The van der Waals surface area contributed by atoms with Crippen molar-refractivity contribution in [3.8, 4) is 28.5 Å². The van der Waals surface area contributed by atoms with E-state index in [1.165, 1.54) is 24.7 Å². The van der Waals surface area contributed by atoms with Gasteiger partial charge in [-0.05, 0) is 82.2 Å². The highest BCUT2D eigenvalue weighted by Crippen LogP contribution is 2.36. The minimum Gasteiger partial charge on any atom is -0.497 e. The molecule has 0 aliphatic carbocycles. The van der Waals surface area contributed by atoms with Crippen molar-refractivity contribution in [2.24, 2.45) is 5.10 Å². The first kappa shape index (κ1) is 31.2. The number of hydrogen-bond donors (Lipinski definition) is 3. The zero-order valence-electron chi connectivity index (χ0n) is 24.2. The second-order valence-corrected chi connectivity index (χ2v) is 11.1. The molecule has 2 amide bonds. The molecule has 0 saturated carbocycles. The number of hydrogen-bond acceptors (Lipinski definition) is 9. The van der Waals surface area contributed by atoms with Gasteiger partial charge in [0, 0.05) is 27.9 Å². The molecule has 0 bridgehead atoms. The van der Waals surface area contributed by atoms with Crippen LogP contribution in [0.3, 0.4) is 0 Å². The number of rotatable bonds is 12. The molecule has 1 aromatic heterocycles. The molecule has 0 aliphatic heterocycles. The fraction of sp³-hybridized carbons (Fsp3) is 0.0909. The summed E-state index contributed by atoms with van der Waals surface area (Å²) in [5, 5.41) is 12.9. The van der Waals surface area contributed by atoms with Crippen LogP contribution in [0, 0.1) is 0 Å². The third-order valence-corrected chi connectivity index (χ3v) is 7.67. The lowest BCUT2D eigenvalue weighted by molar-refractivity contribution is -0.118. The maximum atomic E-state index is 12.7. The molecule has 0 spiro atoms. The molecule has 10 nitrogen and oxygen atoms in total. The molecule has 12 heteroatoms. The van der Waals surface area contributed by atoms with Crippen molar-refractivity contribution in [3.63, 3.8) is 0 Å². The maximum absolute atomic E-state index is 12.7. The van der Waals surface area contributed by atoms with Gasteiger partial charge in [-0.2, -0.15) is 5.10 Å². The first-order valence-electron chi connectivity index (χ1n) is 13.6. The van der Waals surface area contributed by atoms with Gasteiger partial charge in [0.25, 0.3) is 11.8 Å². The number of nitrogens with one attached hydrogen (secondary N) is 3. The van der Waals surface area contributed by atoms with Crippen LogP contribution in [0.4, 0.5) is 16.5 Å². The van der Waals surface area contributed by atoms with Gasteiger partial charge in [-0.1, -0.05) is 30.3 Å². The van der Waals surface area contributed by atoms with E-state index < -0.39 is 0 Å². The van der Waals surface area contributed by atoms with Crippen LogP contribution < -0.4 is 30.3 Å². The number of para-hydroxylation sites is 1. The molecule has 5 aromatic rings. The van der Waals surface area contributed by atoms with Gasteiger partial charge >= 0.3 is 0 Å². The number of anilines is 3. The Kier molecular flexibility index (Phi) is 10.4. The van der Waals surface area contributed by atoms with E-state index in [1.54, 1.807) is 55.6 Å². The number of methoxy groups -OCH3 is 2. The normalized spacial score (nSPS) is 10.7. The number of carbonyl (C=O) groups is 2. The lowest BCUT2D eigenvalue weighted by Crippen LogP contribution is -2.20. The summed E-state index contributed by atoms with van der Waals surface area (Å²) in [6, 6.07) is 27.4. The fourth-order valence-electron chi connectivity index (χ4n) is 4.09. The van der Waals surface area contributed by atoms with Gasteiger partial charge in [0.2, 0.25) is 0 Å². The van der Waals surface area contributed by atoms with Crippen LogP contribution in [0.5, 0.6) is 17.2 Å². The standard InChI is InChI=1S/C33H28BrN5O5S/c1-42-26-14-12-25(13-15-26)36-30(40)19-44-31-27(34)16-21(17-29(31)43-2)18-35-39-32(41)23-10-8-22(9-11-23)28-20-45-33(38-28)37-24-6-4-3-5-7-24/h3-18,20H,19H2,1-2H3,(H,36,40)(H,37,38)(H,39,41)/b35-18+. The SMILES string of the molecule is COc1ccc(NC(=O)COc2c(Br)cc(/C=N/NC(=O)c3ccc(-c4csc(Nc5ccccc5)n4)cc3)cc2OC)cc1. The van der Waals surface area contributed by atoms with E-state index in [4.69, 9.17) is 14.2 Å². The number of amides is 2. The second-order valence-electron chi connectivity index (χ2n) is 9.40. The average Bonchev–Trinajstić information content (AvgIpc) is 3.53. The third kappa shape index (κ3) is 8.46. The molecular weight excluding hydrogens is 658 g/mol. The Morgan fingerprint density at radius 3 is 2.40 bits per heavy atom. The Balaban J connectivity index is 1.15. The fourth-order valence-corrected chi connectivity index (χ4v) is 5.41. The van der Waals surface area contributed by atoms with Crippen LogP contribution in [0.15, 0.2) is 106 Å². The van der Waals surface area contributed by atoms with Crippen molar-refractivity contribution in [3.05, 3.63) is 112 Å². The Hall–Kier alpha value is -5.20. The van der Waals surface area contributed by atoms with Crippen molar-refractivity contribution in [1.82, 2.24) is 10.4 Å². The molecule has 0 fully saturated rings. The van der Waals surface area contributed by atoms with Gasteiger partial charge in [-0.3, -0.25) is 9.59 Å². The Bertz CT molecular complexity index is 1800. The molecular formula is C33H28BrN5O5S. The quantitative estimate of drug-likeness (QED) is 0.0944. The molecule has 228 valence electrons.